The van der Waals surface area contributed by atoms with Gasteiger partial charge in [-0.25, -0.2) is 4.98 Å². The summed E-state index contributed by atoms with van der Waals surface area (Å²) in [5, 5.41) is 2.62. The van der Waals surface area contributed by atoms with Crippen LogP contribution in [0.4, 0.5) is 0 Å². The predicted octanol–water partition coefficient (Wildman–Crippen LogP) is 3.39. The minimum absolute atomic E-state index is 0.0679. The normalized spacial score (nSPS) is 10.9. The van der Waals surface area contributed by atoms with E-state index in [2.05, 4.69) is 9.72 Å². The van der Waals surface area contributed by atoms with Gasteiger partial charge in [0.25, 0.3) is 5.56 Å². The highest BCUT2D eigenvalue weighted by atomic mass is 32.1. The molecule has 0 saturated heterocycles. The number of hydrogen-bond donors (Lipinski definition) is 0. The van der Waals surface area contributed by atoms with Crippen molar-refractivity contribution in [2.24, 2.45) is 0 Å². The number of hydrogen-bond acceptors (Lipinski definition) is 5. The van der Waals surface area contributed by atoms with Crippen molar-refractivity contribution in [3.8, 4) is 11.1 Å². The number of aromatic nitrogens is 2. The number of methoxy groups -OCH3 is 1. The predicted molar refractivity (Wildman–Crippen MR) is 95.3 cm³/mol. The average molecular weight is 342 g/mol. The second-order valence-electron chi connectivity index (χ2n) is 5.62. The van der Waals surface area contributed by atoms with Gasteiger partial charge in [-0.05, 0) is 18.9 Å². The fourth-order valence-corrected chi connectivity index (χ4v) is 3.47. The molecule has 0 amide bonds. The van der Waals surface area contributed by atoms with Crippen LogP contribution in [0.3, 0.4) is 0 Å². The van der Waals surface area contributed by atoms with Crippen LogP contribution >= 0.6 is 11.3 Å². The van der Waals surface area contributed by atoms with E-state index in [1.54, 1.807) is 10.9 Å². The lowest BCUT2D eigenvalue weighted by Crippen LogP contribution is -2.21. The molecule has 5 nitrogen and oxygen atoms in total. The summed E-state index contributed by atoms with van der Waals surface area (Å²) in [6, 6.07) is 8.10. The number of rotatable bonds is 5. The van der Waals surface area contributed by atoms with Crippen LogP contribution in [-0.4, -0.2) is 22.6 Å². The number of carbonyl (C=O) groups is 1. The lowest BCUT2D eigenvalue weighted by atomic mass is 10.1. The summed E-state index contributed by atoms with van der Waals surface area (Å²) in [6.45, 7) is 2.48. The molecule has 0 bridgehead atoms. The van der Waals surface area contributed by atoms with Crippen molar-refractivity contribution in [2.75, 3.05) is 7.11 Å². The summed E-state index contributed by atoms with van der Waals surface area (Å²) in [6.07, 6.45) is 2.39. The van der Waals surface area contributed by atoms with Crippen molar-refractivity contribution >= 4 is 27.5 Å². The van der Waals surface area contributed by atoms with E-state index in [4.69, 9.17) is 0 Å². The second-order valence-corrected chi connectivity index (χ2v) is 6.48. The highest BCUT2D eigenvalue weighted by Gasteiger charge is 2.13. The van der Waals surface area contributed by atoms with E-state index in [-0.39, 0.29) is 17.9 Å². The van der Waals surface area contributed by atoms with Gasteiger partial charge in [0.2, 0.25) is 0 Å². The van der Waals surface area contributed by atoms with E-state index in [1.165, 1.54) is 24.0 Å². The number of nitrogens with zero attached hydrogens (tertiary/aromatic N) is 2. The topological polar surface area (TPSA) is 61.2 Å². The van der Waals surface area contributed by atoms with E-state index in [9.17, 15) is 9.59 Å². The molecular weight excluding hydrogens is 324 g/mol. The lowest BCUT2D eigenvalue weighted by Gasteiger charge is -2.06. The Bertz CT molecular complexity index is 926. The first-order chi connectivity index (χ1) is 11.6. The number of fused-ring (bicyclic) bond motifs is 1. The molecule has 0 fully saturated rings. The third-order valence-corrected chi connectivity index (χ3v) is 4.82. The first-order valence-electron chi connectivity index (χ1n) is 7.70. The lowest BCUT2D eigenvalue weighted by molar-refractivity contribution is -0.140. The molecule has 6 heteroatoms. The SMILES string of the molecule is COC(=O)CCCn1cnc2scc(-c3ccc(C)cc3)c2c1=O. The van der Waals surface area contributed by atoms with E-state index in [1.807, 2.05) is 36.6 Å². The van der Waals surface area contributed by atoms with E-state index in [0.717, 1.165) is 16.0 Å². The van der Waals surface area contributed by atoms with Gasteiger partial charge in [0, 0.05) is 23.9 Å². The van der Waals surface area contributed by atoms with Crippen LogP contribution in [0.2, 0.25) is 0 Å². The minimum atomic E-state index is -0.270. The molecule has 3 rings (SSSR count). The highest BCUT2D eigenvalue weighted by molar-refractivity contribution is 7.17. The Balaban J connectivity index is 1.95. The summed E-state index contributed by atoms with van der Waals surface area (Å²) in [4.78, 5) is 29.1. The van der Waals surface area contributed by atoms with Crippen molar-refractivity contribution in [3.63, 3.8) is 0 Å². The largest absolute Gasteiger partial charge is 0.469 e. The summed E-state index contributed by atoms with van der Waals surface area (Å²) < 4.78 is 6.19. The van der Waals surface area contributed by atoms with Crippen LogP contribution in [0.15, 0.2) is 40.8 Å². The van der Waals surface area contributed by atoms with Gasteiger partial charge in [0.05, 0.1) is 18.8 Å². The molecule has 0 aliphatic heterocycles. The zero-order valence-corrected chi connectivity index (χ0v) is 14.4. The molecule has 0 atom stereocenters. The molecule has 2 heterocycles. The monoisotopic (exact) mass is 342 g/mol. The number of aryl methyl sites for hydroxylation is 2. The standard InChI is InChI=1S/C18H18N2O3S/c1-12-5-7-13(8-6-12)14-10-24-17-16(14)18(22)20(11-19-17)9-3-4-15(21)23-2/h5-8,10-11H,3-4,9H2,1-2H3. The maximum Gasteiger partial charge on any atom is 0.305 e. The van der Waals surface area contributed by atoms with Gasteiger partial charge < -0.3 is 4.74 Å². The molecule has 3 aromatic rings. The molecule has 1 aromatic carbocycles. The summed E-state index contributed by atoms with van der Waals surface area (Å²) in [7, 11) is 1.36. The Morgan fingerprint density at radius 2 is 2.04 bits per heavy atom. The maximum atomic E-state index is 12.8. The van der Waals surface area contributed by atoms with E-state index in [0.29, 0.717) is 18.4 Å². The Morgan fingerprint density at radius 1 is 1.29 bits per heavy atom. The van der Waals surface area contributed by atoms with Gasteiger partial charge in [-0.2, -0.15) is 0 Å². The van der Waals surface area contributed by atoms with Gasteiger partial charge >= 0.3 is 5.97 Å². The van der Waals surface area contributed by atoms with Crippen molar-refractivity contribution in [1.82, 2.24) is 9.55 Å². The van der Waals surface area contributed by atoms with Crippen LogP contribution in [-0.2, 0) is 16.1 Å². The van der Waals surface area contributed by atoms with Gasteiger partial charge in [-0.3, -0.25) is 14.2 Å². The zero-order chi connectivity index (χ0) is 17.1. The first-order valence-corrected chi connectivity index (χ1v) is 8.58. The third-order valence-electron chi connectivity index (χ3n) is 3.93. The van der Waals surface area contributed by atoms with Crippen molar-refractivity contribution in [3.05, 3.63) is 51.9 Å². The van der Waals surface area contributed by atoms with Crippen LogP contribution in [0.25, 0.3) is 21.3 Å². The summed E-state index contributed by atoms with van der Waals surface area (Å²) >= 11 is 1.47. The third kappa shape index (κ3) is 3.23. The summed E-state index contributed by atoms with van der Waals surface area (Å²) in [5.74, 6) is -0.270. The quantitative estimate of drug-likeness (QED) is 0.667. The molecule has 0 unspecified atom stereocenters. The van der Waals surface area contributed by atoms with Crippen LogP contribution < -0.4 is 5.56 Å². The Morgan fingerprint density at radius 3 is 2.75 bits per heavy atom. The smallest absolute Gasteiger partial charge is 0.305 e. The molecule has 2 aromatic heterocycles. The Kier molecular flexibility index (Phi) is 4.76. The molecule has 0 N–H and O–H groups in total. The molecule has 124 valence electrons. The number of benzene rings is 1. The molecule has 0 aliphatic carbocycles. The Labute approximate surface area is 143 Å². The van der Waals surface area contributed by atoms with Crippen LogP contribution in [0.5, 0.6) is 0 Å². The van der Waals surface area contributed by atoms with Crippen molar-refractivity contribution in [2.45, 2.75) is 26.3 Å². The molecule has 24 heavy (non-hydrogen) atoms. The number of thiophene rings is 1. The fraction of sp³-hybridized carbons (Fsp3) is 0.278. The molecule has 0 spiro atoms. The molecular formula is C18H18N2O3S. The number of carbonyl (C=O) groups excluding carboxylic acids is 1. The van der Waals surface area contributed by atoms with Crippen LogP contribution in [0, 0.1) is 6.92 Å². The number of esters is 1. The van der Waals surface area contributed by atoms with Gasteiger partial charge in [-0.15, -0.1) is 11.3 Å². The zero-order valence-electron chi connectivity index (χ0n) is 13.6. The molecule has 0 aliphatic rings. The Hall–Kier alpha value is -2.47. The average Bonchev–Trinajstić information content (AvgIpc) is 3.02. The summed E-state index contributed by atoms with van der Waals surface area (Å²) in [5.41, 5.74) is 3.03. The first kappa shape index (κ1) is 16.4. The van der Waals surface area contributed by atoms with Crippen molar-refractivity contribution in [1.29, 1.82) is 0 Å². The van der Waals surface area contributed by atoms with E-state index >= 15 is 0 Å². The molecule has 0 radical (unpaired) electrons. The highest BCUT2D eigenvalue weighted by Crippen LogP contribution is 2.30. The maximum absolute atomic E-state index is 12.8. The number of ether oxygens (including phenoxy) is 1. The fourth-order valence-electron chi connectivity index (χ4n) is 2.57. The minimum Gasteiger partial charge on any atom is -0.469 e. The van der Waals surface area contributed by atoms with Crippen molar-refractivity contribution < 1.29 is 9.53 Å². The van der Waals surface area contributed by atoms with Gasteiger partial charge in [0.15, 0.2) is 0 Å². The molecule has 0 saturated carbocycles. The van der Waals surface area contributed by atoms with Gasteiger partial charge in [-0.1, -0.05) is 29.8 Å². The van der Waals surface area contributed by atoms with Crippen LogP contribution in [0.1, 0.15) is 18.4 Å². The second kappa shape index (κ2) is 6.97. The van der Waals surface area contributed by atoms with E-state index < -0.39 is 0 Å². The van der Waals surface area contributed by atoms with Gasteiger partial charge in [0.1, 0.15) is 4.83 Å².